The van der Waals surface area contributed by atoms with E-state index in [1.807, 2.05) is 0 Å². The fourth-order valence-corrected chi connectivity index (χ4v) is 3.19. The van der Waals surface area contributed by atoms with Crippen LogP contribution in [-0.4, -0.2) is 35.3 Å². The Morgan fingerprint density at radius 3 is 2.44 bits per heavy atom. The van der Waals surface area contributed by atoms with E-state index in [4.69, 9.17) is 4.74 Å². The minimum atomic E-state index is -3.59. The SMILES string of the molecule is CC(C)S(=O)(=O)c1ccc(-c2cncc(NC(=O)OC(C)(C)C)n2)c(F)c1. The standard InChI is InChI=1S/C18H22FN3O4S/c1-11(2)27(24,25)12-6-7-13(14(19)8-12)15-9-20-10-16(21-15)22-17(23)26-18(3,4)5/h6-11H,1-5H3,(H,21,22,23). The Labute approximate surface area is 157 Å². The second-order valence-electron chi connectivity index (χ2n) is 7.15. The first-order valence-electron chi connectivity index (χ1n) is 8.26. The number of carbonyl (C=O) groups excluding carboxylic acids is 1. The predicted octanol–water partition coefficient (Wildman–Crippen LogP) is 3.81. The number of rotatable bonds is 4. The Hall–Kier alpha value is -2.55. The predicted molar refractivity (Wildman–Crippen MR) is 99.6 cm³/mol. The van der Waals surface area contributed by atoms with Gasteiger partial charge in [0.15, 0.2) is 15.7 Å². The van der Waals surface area contributed by atoms with Crippen LogP contribution in [0.4, 0.5) is 15.0 Å². The number of sulfone groups is 1. The highest BCUT2D eigenvalue weighted by Crippen LogP contribution is 2.26. The van der Waals surface area contributed by atoms with Crippen LogP contribution in [0.3, 0.4) is 0 Å². The third-order valence-corrected chi connectivity index (χ3v) is 5.58. The summed E-state index contributed by atoms with van der Waals surface area (Å²) in [4.78, 5) is 19.8. The van der Waals surface area contributed by atoms with Crippen molar-refractivity contribution in [2.24, 2.45) is 0 Å². The van der Waals surface area contributed by atoms with Crippen LogP contribution in [0.1, 0.15) is 34.6 Å². The van der Waals surface area contributed by atoms with Crippen LogP contribution in [0.5, 0.6) is 0 Å². The van der Waals surface area contributed by atoms with E-state index in [0.717, 1.165) is 6.07 Å². The average Bonchev–Trinajstić information content (AvgIpc) is 2.52. The molecule has 1 amide bonds. The van der Waals surface area contributed by atoms with E-state index < -0.39 is 32.6 Å². The monoisotopic (exact) mass is 395 g/mol. The van der Waals surface area contributed by atoms with E-state index in [9.17, 15) is 17.6 Å². The van der Waals surface area contributed by atoms with Crippen molar-refractivity contribution in [1.29, 1.82) is 0 Å². The van der Waals surface area contributed by atoms with Crippen molar-refractivity contribution >= 4 is 21.7 Å². The van der Waals surface area contributed by atoms with Crippen LogP contribution >= 0.6 is 0 Å². The maximum Gasteiger partial charge on any atom is 0.413 e. The Morgan fingerprint density at radius 2 is 1.89 bits per heavy atom. The zero-order chi connectivity index (χ0) is 20.4. The molecule has 0 aliphatic rings. The number of aromatic nitrogens is 2. The first kappa shape index (κ1) is 20.8. The zero-order valence-electron chi connectivity index (χ0n) is 15.8. The quantitative estimate of drug-likeness (QED) is 0.845. The number of nitrogens with zero attached hydrogens (tertiary/aromatic N) is 2. The Balaban J connectivity index is 2.31. The number of nitrogens with one attached hydrogen (secondary N) is 1. The summed E-state index contributed by atoms with van der Waals surface area (Å²) >= 11 is 0. The summed E-state index contributed by atoms with van der Waals surface area (Å²) < 4.78 is 44.0. The van der Waals surface area contributed by atoms with Gasteiger partial charge < -0.3 is 4.74 Å². The number of anilines is 1. The number of hydrogen-bond donors (Lipinski definition) is 1. The molecular formula is C18H22FN3O4S. The fraction of sp³-hybridized carbons (Fsp3) is 0.389. The molecule has 0 saturated carbocycles. The van der Waals surface area contributed by atoms with Crippen LogP contribution < -0.4 is 5.32 Å². The molecule has 1 heterocycles. The molecule has 2 aromatic rings. The summed E-state index contributed by atoms with van der Waals surface area (Å²) in [6.07, 6.45) is 1.89. The summed E-state index contributed by atoms with van der Waals surface area (Å²) in [5.74, 6) is -0.666. The van der Waals surface area contributed by atoms with Crippen molar-refractivity contribution < 1.29 is 22.3 Å². The van der Waals surface area contributed by atoms with Crippen molar-refractivity contribution in [3.63, 3.8) is 0 Å². The van der Waals surface area contributed by atoms with E-state index in [1.165, 1.54) is 38.4 Å². The minimum absolute atomic E-state index is 0.0676. The van der Waals surface area contributed by atoms with Gasteiger partial charge in [-0.25, -0.2) is 22.6 Å². The topological polar surface area (TPSA) is 98.2 Å². The van der Waals surface area contributed by atoms with Gasteiger partial charge in [0.1, 0.15) is 11.4 Å². The molecule has 2 rings (SSSR count). The third-order valence-electron chi connectivity index (χ3n) is 3.43. The van der Waals surface area contributed by atoms with E-state index in [-0.39, 0.29) is 22.0 Å². The largest absolute Gasteiger partial charge is 0.444 e. The molecule has 0 fully saturated rings. The number of benzene rings is 1. The van der Waals surface area contributed by atoms with Gasteiger partial charge in [-0.15, -0.1) is 0 Å². The van der Waals surface area contributed by atoms with Gasteiger partial charge in [-0.1, -0.05) is 0 Å². The van der Waals surface area contributed by atoms with Crippen LogP contribution in [0.15, 0.2) is 35.5 Å². The summed E-state index contributed by atoms with van der Waals surface area (Å²) in [7, 11) is -3.59. The molecular weight excluding hydrogens is 373 g/mol. The molecule has 0 unspecified atom stereocenters. The summed E-state index contributed by atoms with van der Waals surface area (Å²) in [6.45, 7) is 8.21. The maximum absolute atomic E-state index is 14.5. The van der Waals surface area contributed by atoms with Gasteiger partial charge in [0.25, 0.3) is 0 Å². The van der Waals surface area contributed by atoms with Crippen molar-refractivity contribution in [2.75, 3.05) is 5.32 Å². The molecule has 0 spiro atoms. The molecule has 7 nitrogen and oxygen atoms in total. The number of halogens is 1. The molecule has 27 heavy (non-hydrogen) atoms. The third kappa shape index (κ3) is 5.22. The van der Waals surface area contributed by atoms with Gasteiger partial charge in [-0.3, -0.25) is 10.3 Å². The van der Waals surface area contributed by atoms with E-state index in [0.29, 0.717) is 0 Å². The molecule has 1 aromatic carbocycles. The van der Waals surface area contributed by atoms with E-state index >= 15 is 0 Å². The number of hydrogen-bond acceptors (Lipinski definition) is 6. The summed E-state index contributed by atoms with van der Waals surface area (Å²) in [5.41, 5.74) is -0.466. The molecule has 0 aliphatic heterocycles. The normalized spacial score (nSPS) is 12.1. The second kappa shape index (κ2) is 7.59. The lowest BCUT2D eigenvalue weighted by molar-refractivity contribution is 0.0635. The van der Waals surface area contributed by atoms with Crippen LogP contribution in [0.2, 0.25) is 0 Å². The number of amides is 1. The molecule has 0 atom stereocenters. The van der Waals surface area contributed by atoms with Crippen molar-refractivity contribution in [1.82, 2.24) is 9.97 Å². The van der Waals surface area contributed by atoms with Gasteiger partial charge >= 0.3 is 6.09 Å². The van der Waals surface area contributed by atoms with E-state index in [2.05, 4.69) is 15.3 Å². The second-order valence-corrected chi connectivity index (χ2v) is 9.66. The Morgan fingerprint density at radius 1 is 1.22 bits per heavy atom. The smallest absolute Gasteiger partial charge is 0.413 e. The highest BCUT2D eigenvalue weighted by molar-refractivity contribution is 7.92. The van der Waals surface area contributed by atoms with Gasteiger partial charge in [0.05, 0.1) is 28.2 Å². The summed E-state index contributed by atoms with van der Waals surface area (Å²) in [6, 6.07) is 3.61. The average molecular weight is 395 g/mol. The molecule has 0 bridgehead atoms. The van der Waals surface area contributed by atoms with Crippen LogP contribution in [0, 0.1) is 5.82 Å². The maximum atomic E-state index is 14.5. The first-order valence-corrected chi connectivity index (χ1v) is 9.80. The molecule has 0 radical (unpaired) electrons. The lowest BCUT2D eigenvalue weighted by atomic mass is 10.1. The van der Waals surface area contributed by atoms with E-state index in [1.54, 1.807) is 20.8 Å². The van der Waals surface area contributed by atoms with Crippen molar-refractivity contribution in [3.8, 4) is 11.3 Å². The number of carbonyl (C=O) groups is 1. The fourth-order valence-electron chi connectivity index (χ4n) is 2.12. The summed E-state index contributed by atoms with van der Waals surface area (Å²) in [5, 5.41) is 1.76. The lowest BCUT2D eigenvalue weighted by Gasteiger charge is -2.19. The van der Waals surface area contributed by atoms with Gasteiger partial charge in [-0.2, -0.15) is 0 Å². The highest BCUT2D eigenvalue weighted by Gasteiger charge is 2.21. The first-order chi connectivity index (χ1) is 12.4. The molecule has 1 aromatic heterocycles. The molecule has 0 aliphatic carbocycles. The van der Waals surface area contributed by atoms with Crippen LogP contribution in [-0.2, 0) is 14.6 Å². The van der Waals surface area contributed by atoms with Gasteiger partial charge in [0.2, 0.25) is 0 Å². The Kier molecular flexibility index (Phi) is 5.84. The molecule has 1 N–H and O–H groups in total. The zero-order valence-corrected chi connectivity index (χ0v) is 16.6. The molecule has 146 valence electrons. The Bertz CT molecular complexity index is 953. The van der Waals surface area contributed by atoms with Crippen molar-refractivity contribution in [2.45, 2.75) is 50.4 Å². The van der Waals surface area contributed by atoms with Crippen LogP contribution in [0.25, 0.3) is 11.3 Å². The highest BCUT2D eigenvalue weighted by atomic mass is 32.2. The van der Waals surface area contributed by atoms with Crippen molar-refractivity contribution in [3.05, 3.63) is 36.4 Å². The molecule has 9 heteroatoms. The van der Waals surface area contributed by atoms with Gasteiger partial charge in [-0.05, 0) is 52.8 Å². The molecule has 0 saturated heterocycles. The van der Waals surface area contributed by atoms with Gasteiger partial charge in [0, 0.05) is 5.56 Å². The minimum Gasteiger partial charge on any atom is -0.444 e. The lowest BCUT2D eigenvalue weighted by Crippen LogP contribution is -2.27. The number of ether oxygens (including phenoxy) is 1.